The fraction of sp³-hybridized carbons (Fsp3) is 0.364. The minimum absolute atomic E-state index is 0.0169. The highest BCUT2D eigenvalue weighted by atomic mass is 19.1. The number of nitrogens with zero attached hydrogens (tertiary/aromatic N) is 2. The van der Waals surface area contributed by atoms with E-state index in [1.165, 1.54) is 12.1 Å². The number of amides is 2. The van der Waals surface area contributed by atoms with Gasteiger partial charge in [0.05, 0.1) is 6.54 Å². The van der Waals surface area contributed by atoms with Gasteiger partial charge in [-0.05, 0) is 37.3 Å². The number of hydrogen-bond acceptors (Lipinski definition) is 4. The average Bonchev–Trinajstić information content (AvgIpc) is 2.69. The molecule has 1 saturated heterocycles. The number of hydrogen-bond donors (Lipinski definition) is 2. The van der Waals surface area contributed by atoms with Gasteiger partial charge in [-0.1, -0.05) is 23.8 Å². The molecule has 0 bridgehead atoms. The van der Waals surface area contributed by atoms with Crippen molar-refractivity contribution < 1.29 is 14.0 Å². The topological polar surface area (TPSA) is 64.7 Å². The van der Waals surface area contributed by atoms with Gasteiger partial charge in [0, 0.05) is 50.5 Å². The molecule has 2 aromatic carbocycles. The summed E-state index contributed by atoms with van der Waals surface area (Å²) in [4.78, 5) is 28.6. The number of carbonyl (C=O) groups excluding carboxylic acids is 2. The van der Waals surface area contributed by atoms with Crippen LogP contribution < -0.4 is 10.6 Å². The number of aryl methyl sites for hydroxylation is 1. The molecule has 0 unspecified atom stereocenters. The second-order valence-corrected chi connectivity index (χ2v) is 7.34. The van der Waals surface area contributed by atoms with E-state index < -0.39 is 0 Å². The Hall–Kier alpha value is -2.77. The van der Waals surface area contributed by atoms with E-state index in [1.54, 1.807) is 12.1 Å². The Morgan fingerprint density at radius 1 is 0.897 bits per heavy atom. The summed E-state index contributed by atoms with van der Waals surface area (Å²) in [6, 6.07) is 13.6. The summed E-state index contributed by atoms with van der Waals surface area (Å²) in [7, 11) is 0. The molecule has 0 radical (unpaired) electrons. The molecule has 154 valence electrons. The molecule has 0 saturated carbocycles. The van der Waals surface area contributed by atoms with Crippen molar-refractivity contribution in [3.05, 3.63) is 59.9 Å². The molecule has 0 atom stereocenters. The third-order valence-corrected chi connectivity index (χ3v) is 4.93. The summed E-state index contributed by atoms with van der Waals surface area (Å²) in [6.45, 7) is 6.21. The summed E-state index contributed by atoms with van der Waals surface area (Å²) >= 11 is 0. The summed E-state index contributed by atoms with van der Waals surface area (Å²) < 4.78 is 13.2. The standard InChI is InChI=1S/C22H27FN4O2/c1-17-5-7-19(8-6-17)24-22(29)16-27-13-11-26(12-14-27)10-9-21(28)25-20-4-2-3-18(23)15-20/h2-8,15H,9-14,16H2,1H3,(H,24,29)(H,25,28). The second-order valence-electron chi connectivity index (χ2n) is 7.34. The maximum atomic E-state index is 13.2. The van der Waals surface area contributed by atoms with Crippen LogP contribution in [0.5, 0.6) is 0 Å². The lowest BCUT2D eigenvalue weighted by Crippen LogP contribution is -2.49. The van der Waals surface area contributed by atoms with Gasteiger partial charge in [0.15, 0.2) is 0 Å². The number of anilines is 2. The van der Waals surface area contributed by atoms with E-state index in [2.05, 4.69) is 20.4 Å². The first-order valence-corrected chi connectivity index (χ1v) is 9.84. The van der Waals surface area contributed by atoms with E-state index in [1.807, 2.05) is 31.2 Å². The van der Waals surface area contributed by atoms with Crippen molar-refractivity contribution in [3.63, 3.8) is 0 Å². The Bertz CT molecular complexity index is 833. The number of piperazine rings is 1. The van der Waals surface area contributed by atoms with Gasteiger partial charge in [0.2, 0.25) is 11.8 Å². The molecule has 2 aromatic rings. The van der Waals surface area contributed by atoms with Gasteiger partial charge in [-0.2, -0.15) is 0 Å². The zero-order valence-electron chi connectivity index (χ0n) is 16.7. The van der Waals surface area contributed by atoms with Crippen LogP contribution >= 0.6 is 0 Å². The number of carbonyl (C=O) groups is 2. The smallest absolute Gasteiger partial charge is 0.238 e. The normalized spacial score (nSPS) is 15.1. The number of halogens is 1. The lowest BCUT2D eigenvalue weighted by molar-refractivity contribution is -0.117. The molecular weight excluding hydrogens is 371 g/mol. The van der Waals surface area contributed by atoms with Crippen LogP contribution in [-0.4, -0.2) is 60.9 Å². The zero-order valence-corrected chi connectivity index (χ0v) is 16.7. The maximum absolute atomic E-state index is 13.2. The van der Waals surface area contributed by atoms with E-state index in [4.69, 9.17) is 0 Å². The first-order chi connectivity index (χ1) is 14.0. The van der Waals surface area contributed by atoms with Crippen LogP contribution in [0.15, 0.2) is 48.5 Å². The molecule has 0 aromatic heterocycles. The maximum Gasteiger partial charge on any atom is 0.238 e. The summed E-state index contributed by atoms with van der Waals surface area (Å²) in [6.07, 6.45) is 0.352. The molecule has 1 aliphatic heterocycles. The van der Waals surface area contributed by atoms with E-state index >= 15 is 0 Å². The van der Waals surface area contributed by atoms with Gasteiger partial charge in [-0.15, -0.1) is 0 Å². The van der Waals surface area contributed by atoms with Crippen molar-refractivity contribution >= 4 is 23.2 Å². The van der Waals surface area contributed by atoms with Crippen molar-refractivity contribution in [2.45, 2.75) is 13.3 Å². The molecule has 1 heterocycles. The summed E-state index contributed by atoms with van der Waals surface area (Å²) in [5.41, 5.74) is 2.44. The Kier molecular flexibility index (Phi) is 7.32. The highest BCUT2D eigenvalue weighted by molar-refractivity contribution is 5.92. The highest BCUT2D eigenvalue weighted by Gasteiger charge is 2.19. The predicted molar refractivity (Wildman–Crippen MR) is 112 cm³/mol. The Balaban J connectivity index is 1.34. The molecule has 0 aliphatic carbocycles. The lowest BCUT2D eigenvalue weighted by atomic mass is 10.2. The first-order valence-electron chi connectivity index (χ1n) is 9.84. The molecule has 6 nitrogen and oxygen atoms in total. The van der Waals surface area contributed by atoms with Crippen LogP contribution in [0.3, 0.4) is 0 Å². The molecule has 7 heteroatoms. The molecule has 1 aliphatic rings. The first kappa shape index (κ1) is 21.0. The zero-order chi connectivity index (χ0) is 20.6. The Labute approximate surface area is 170 Å². The fourth-order valence-electron chi connectivity index (χ4n) is 3.26. The Morgan fingerprint density at radius 3 is 2.24 bits per heavy atom. The largest absolute Gasteiger partial charge is 0.326 e. The average molecular weight is 398 g/mol. The van der Waals surface area contributed by atoms with Gasteiger partial charge >= 0.3 is 0 Å². The Morgan fingerprint density at radius 2 is 1.55 bits per heavy atom. The second kappa shape index (κ2) is 10.1. The molecule has 3 rings (SSSR count). The molecular formula is C22H27FN4O2. The van der Waals surface area contributed by atoms with Crippen molar-refractivity contribution in [2.75, 3.05) is 49.9 Å². The molecule has 2 N–H and O–H groups in total. The van der Waals surface area contributed by atoms with Crippen LogP contribution in [-0.2, 0) is 9.59 Å². The summed E-state index contributed by atoms with van der Waals surface area (Å²) in [5.74, 6) is -0.516. The highest BCUT2D eigenvalue weighted by Crippen LogP contribution is 2.11. The number of nitrogens with one attached hydrogen (secondary N) is 2. The number of rotatable bonds is 7. The van der Waals surface area contributed by atoms with E-state index in [0.29, 0.717) is 25.2 Å². The van der Waals surface area contributed by atoms with Crippen molar-refractivity contribution in [3.8, 4) is 0 Å². The monoisotopic (exact) mass is 398 g/mol. The SMILES string of the molecule is Cc1ccc(NC(=O)CN2CCN(CCC(=O)Nc3cccc(F)c3)CC2)cc1. The van der Waals surface area contributed by atoms with E-state index in [9.17, 15) is 14.0 Å². The number of benzene rings is 2. The van der Waals surface area contributed by atoms with Crippen LogP contribution in [0, 0.1) is 12.7 Å². The van der Waals surface area contributed by atoms with Gasteiger partial charge < -0.3 is 15.5 Å². The summed E-state index contributed by atoms with van der Waals surface area (Å²) in [5, 5.41) is 5.64. The van der Waals surface area contributed by atoms with Gasteiger partial charge in [-0.3, -0.25) is 14.5 Å². The molecule has 29 heavy (non-hydrogen) atoms. The lowest BCUT2D eigenvalue weighted by Gasteiger charge is -2.34. The fourth-order valence-corrected chi connectivity index (χ4v) is 3.26. The van der Waals surface area contributed by atoms with Crippen molar-refractivity contribution in [1.82, 2.24) is 9.80 Å². The minimum atomic E-state index is -0.370. The minimum Gasteiger partial charge on any atom is -0.326 e. The van der Waals surface area contributed by atoms with Crippen LogP contribution in [0.25, 0.3) is 0 Å². The van der Waals surface area contributed by atoms with Crippen LogP contribution in [0.1, 0.15) is 12.0 Å². The van der Waals surface area contributed by atoms with Crippen molar-refractivity contribution in [2.24, 2.45) is 0 Å². The molecule has 0 spiro atoms. The third kappa shape index (κ3) is 6.96. The predicted octanol–water partition coefficient (Wildman–Crippen LogP) is 2.72. The third-order valence-electron chi connectivity index (χ3n) is 4.93. The van der Waals surface area contributed by atoms with Crippen molar-refractivity contribution in [1.29, 1.82) is 0 Å². The quantitative estimate of drug-likeness (QED) is 0.753. The van der Waals surface area contributed by atoms with E-state index in [0.717, 1.165) is 37.4 Å². The molecule has 1 fully saturated rings. The van der Waals surface area contributed by atoms with Gasteiger partial charge in [0.1, 0.15) is 5.82 Å². The van der Waals surface area contributed by atoms with Gasteiger partial charge in [0.25, 0.3) is 0 Å². The van der Waals surface area contributed by atoms with E-state index in [-0.39, 0.29) is 17.6 Å². The van der Waals surface area contributed by atoms with Gasteiger partial charge in [-0.25, -0.2) is 4.39 Å². The van der Waals surface area contributed by atoms with Crippen LogP contribution in [0.2, 0.25) is 0 Å². The molecule has 2 amide bonds. The van der Waals surface area contributed by atoms with Crippen LogP contribution in [0.4, 0.5) is 15.8 Å².